The van der Waals surface area contributed by atoms with E-state index in [0.29, 0.717) is 5.95 Å². The van der Waals surface area contributed by atoms with Crippen LogP contribution >= 0.6 is 0 Å². The van der Waals surface area contributed by atoms with Crippen LogP contribution in [-0.4, -0.2) is 36.3 Å². The highest BCUT2D eigenvalue weighted by atomic mass is 16.5. The second-order valence-electron chi connectivity index (χ2n) is 7.09. The minimum Gasteiger partial charge on any atom is -0.378 e. The van der Waals surface area contributed by atoms with E-state index in [1.807, 2.05) is 12.1 Å². The molecule has 6 nitrogen and oxygen atoms in total. The highest BCUT2D eigenvalue weighted by molar-refractivity contribution is 5.74. The molecule has 3 aromatic rings. The lowest BCUT2D eigenvalue weighted by molar-refractivity contribution is 0.123. The molecule has 2 aromatic carbocycles. The molecule has 0 unspecified atom stereocenters. The van der Waals surface area contributed by atoms with Crippen molar-refractivity contribution >= 4 is 28.8 Å². The van der Waals surface area contributed by atoms with E-state index in [0.717, 1.165) is 55.6 Å². The van der Waals surface area contributed by atoms with Crippen molar-refractivity contribution in [2.45, 2.75) is 20.3 Å². The molecule has 0 spiro atoms. The maximum Gasteiger partial charge on any atom is 0.229 e. The number of ether oxygens (including phenoxy) is 1. The number of aromatic nitrogens is 2. The number of nitrogens with one attached hydrogen (secondary N) is 2. The van der Waals surface area contributed by atoms with Crippen molar-refractivity contribution in [2.24, 2.45) is 0 Å². The first-order valence-electron chi connectivity index (χ1n) is 10.1. The average Bonchev–Trinajstić information content (AvgIpc) is 2.76. The van der Waals surface area contributed by atoms with Crippen LogP contribution in [0.15, 0.2) is 54.7 Å². The van der Waals surface area contributed by atoms with E-state index in [9.17, 15) is 0 Å². The lowest BCUT2D eigenvalue weighted by Crippen LogP contribution is -2.36. The summed E-state index contributed by atoms with van der Waals surface area (Å²) in [5, 5.41) is 6.87. The number of morpholine rings is 1. The maximum absolute atomic E-state index is 5.49. The minimum atomic E-state index is 0.572. The summed E-state index contributed by atoms with van der Waals surface area (Å²) in [4.78, 5) is 11.4. The quantitative estimate of drug-likeness (QED) is 0.639. The van der Waals surface area contributed by atoms with Crippen molar-refractivity contribution < 1.29 is 4.74 Å². The van der Waals surface area contributed by atoms with Crippen LogP contribution < -0.4 is 15.5 Å². The molecule has 1 aliphatic heterocycles. The molecule has 0 bridgehead atoms. The van der Waals surface area contributed by atoms with E-state index in [1.54, 1.807) is 6.20 Å². The molecular formula is C23H27N5O. The van der Waals surface area contributed by atoms with Crippen LogP contribution in [-0.2, 0) is 11.2 Å². The molecule has 0 aliphatic carbocycles. The molecule has 2 N–H and O–H groups in total. The Labute approximate surface area is 172 Å². The van der Waals surface area contributed by atoms with Crippen LogP contribution in [0.3, 0.4) is 0 Å². The fourth-order valence-corrected chi connectivity index (χ4v) is 3.60. The molecule has 6 heteroatoms. The van der Waals surface area contributed by atoms with Gasteiger partial charge in [0.1, 0.15) is 5.82 Å². The number of hydrogen-bond donors (Lipinski definition) is 2. The molecule has 1 aromatic heterocycles. The van der Waals surface area contributed by atoms with E-state index in [2.05, 4.69) is 75.7 Å². The predicted octanol–water partition coefficient (Wildman–Crippen LogP) is 4.67. The van der Waals surface area contributed by atoms with E-state index in [-0.39, 0.29) is 0 Å². The smallest absolute Gasteiger partial charge is 0.229 e. The molecule has 0 amide bonds. The summed E-state index contributed by atoms with van der Waals surface area (Å²) < 4.78 is 5.49. The minimum absolute atomic E-state index is 0.572. The maximum atomic E-state index is 5.49. The van der Waals surface area contributed by atoms with Gasteiger partial charge < -0.3 is 20.3 Å². The van der Waals surface area contributed by atoms with Crippen molar-refractivity contribution in [1.82, 2.24) is 9.97 Å². The van der Waals surface area contributed by atoms with E-state index in [4.69, 9.17) is 4.74 Å². The first-order valence-corrected chi connectivity index (χ1v) is 10.1. The Balaban J connectivity index is 1.56. The monoisotopic (exact) mass is 389 g/mol. The normalized spacial score (nSPS) is 13.9. The second-order valence-corrected chi connectivity index (χ2v) is 7.09. The van der Waals surface area contributed by atoms with Gasteiger partial charge in [0, 0.05) is 25.0 Å². The van der Waals surface area contributed by atoms with Gasteiger partial charge in [-0.25, -0.2) is 4.98 Å². The standard InChI is InChI=1S/C23H27N5O/c1-3-18-8-6-7-17(2)22(18)26-21-11-12-24-23(27-21)25-19-9-4-5-10-20(19)28-13-15-29-16-14-28/h4-12H,3,13-16H2,1-2H3,(H2,24,25,26,27). The zero-order chi connectivity index (χ0) is 20.1. The van der Waals surface area contributed by atoms with Crippen LogP contribution in [0.25, 0.3) is 0 Å². The summed E-state index contributed by atoms with van der Waals surface area (Å²) in [7, 11) is 0. The van der Waals surface area contributed by atoms with E-state index in [1.165, 1.54) is 11.1 Å². The second kappa shape index (κ2) is 8.92. The number of benzene rings is 2. The number of hydrogen-bond acceptors (Lipinski definition) is 6. The predicted molar refractivity (Wildman–Crippen MR) is 119 cm³/mol. The van der Waals surface area contributed by atoms with E-state index < -0.39 is 0 Å². The number of rotatable bonds is 6. The third-order valence-electron chi connectivity index (χ3n) is 5.15. The van der Waals surface area contributed by atoms with Gasteiger partial charge in [-0.1, -0.05) is 37.3 Å². The largest absolute Gasteiger partial charge is 0.378 e. The molecule has 1 fully saturated rings. The van der Waals surface area contributed by atoms with Crippen molar-refractivity contribution in [2.75, 3.05) is 41.8 Å². The summed E-state index contributed by atoms with van der Waals surface area (Å²) in [5.41, 5.74) is 5.74. The molecular weight excluding hydrogens is 362 g/mol. The Morgan fingerprint density at radius 1 is 1.00 bits per heavy atom. The third-order valence-corrected chi connectivity index (χ3v) is 5.15. The summed E-state index contributed by atoms with van der Waals surface area (Å²) in [6.07, 6.45) is 2.74. The first kappa shape index (κ1) is 19.2. The van der Waals surface area contributed by atoms with Gasteiger partial charge in [0.25, 0.3) is 0 Å². The van der Waals surface area contributed by atoms with Crippen LogP contribution in [0, 0.1) is 6.92 Å². The zero-order valence-corrected chi connectivity index (χ0v) is 17.0. The van der Waals surface area contributed by atoms with E-state index >= 15 is 0 Å². The Bertz CT molecular complexity index is 969. The molecule has 1 saturated heterocycles. The molecule has 0 radical (unpaired) electrons. The summed E-state index contributed by atoms with van der Waals surface area (Å²) in [5.74, 6) is 1.35. The number of nitrogens with zero attached hydrogens (tertiary/aromatic N) is 3. The summed E-state index contributed by atoms with van der Waals surface area (Å²) >= 11 is 0. The van der Waals surface area contributed by atoms with Gasteiger partial charge in [0.05, 0.1) is 24.6 Å². The van der Waals surface area contributed by atoms with Gasteiger partial charge in [-0.15, -0.1) is 0 Å². The molecule has 1 aliphatic rings. The molecule has 150 valence electrons. The van der Waals surface area contributed by atoms with Crippen LogP contribution in [0.1, 0.15) is 18.1 Å². The Kier molecular flexibility index (Phi) is 5.91. The number of anilines is 5. The molecule has 0 atom stereocenters. The summed E-state index contributed by atoms with van der Waals surface area (Å²) in [6, 6.07) is 16.5. The highest BCUT2D eigenvalue weighted by Gasteiger charge is 2.15. The molecule has 2 heterocycles. The van der Waals surface area contributed by atoms with Crippen molar-refractivity contribution in [3.8, 4) is 0 Å². The van der Waals surface area contributed by atoms with Gasteiger partial charge in [-0.3, -0.25) is 0 Å². The van der Waals surface area contributed by atoms with Crippen LogP contribution in [0.2, 0.25) is 0 Å². The molecule has 0 saturated carbocycles. The zero-order valence-electron chi connectivity index (χ0n) is 17.0. The van der Waals surface area contributed by atoms with Crippen LogP contribution in [0.5, 0.6) is 0 Å². The Morgan fingerprint density at radius 2 is 1.83 bits per heavy atom. The van der Waals surface area contributed by atoms with Crippen molar-refractivity contribution in [3.05, 3.63) is 65.9 Å². The van der Waals surface area contributed by atoms with Gasteiger partial charge in [-0.2, -0.15) is 4.98 Å². The highest BCUT2D eigenvalue weighted by Crippen LogP contribution is 2.29. The summed E-state index contributed by atoms with van der Waals surface area (Å²) in [6.45, 7) is 7.54. The van der Waals surface area contributed by atoms with Crippen LogP contribution in [0.4, 0.5) is 28.8 Å². The fraction of sp³-hybridized carbons (Fsp3) is 0.304. The number of aryl methyl sites for hydroxylation is 2. The Morgan fingerprint density at radius 3 is 2.66 bits per heavy atom. The molecule has 4 rings (SSSR count). The SMILES string of the molecule is CCc1cccc(C)c1Nc1ccnc(Nc2ccccc2N2CCOCC2)n1. The van der Waals surface area contributed by atoms with Gasteiger partial charge in [0.2, 0.25) is 5.95 Å². The van der Waals surface area contributed by atoms with Crippen molar-refractivity contribution in [3.63, 3.8) is 0 Å². The lowest BCUT2D eigenvalue weighted by atomic mass is 10.1. The lowest BCUT2D eigenvalue weighted by Gasteiger charge is -2.30. The van der Waals surface area contributed by atoms with Crippen molar-refractivity contribution in [1.29, 1.82) is 0 Å². The molecule has 29 heavy (non-hydrogen) atoms. The van der Waals surface area contributed by atoms with Gasteiger partial charge >= 0.3 is 0 Å². The topological polar surface area (TPSA) is 62.3 Å². The van der Waals surface area contributed by atoms with Gasteiger partial charge in [-0.05, 0) is 42.7 Å². The Hall–Kier alpha value is -3.12. The average molecular weight is 390 g/mol. The fourth-order valence-electron chi connectivity index (χ4n) is 3.60. The third kappa shape index (κ3) is 4.49. The first-order chi connectivity index (χ1) is 14.2. The number of para-hydroxylation sites is 3. The van der Waals surface area contributed by atoms with Gasteiger partial charge in [0.15, 0.2) is 0 Å².